The fourth-order valence-electron chi connectivity index (χ4n) is 3.85. The second kappa shape index (κ2) is 7.82. The third-order valence-electron chi connectivity index (χ3n) is 5.22. The first-order chi connectivity index (χ1) is 13.6. The summed E-state index contributed by atoms with van der Waals surface area (Å²) in [7, 11) is 1.68. The van der Waals surface area contributed by atoms with Crippen LogP contribution in [0.1, 0.15) is 24.1 Å². The number of hydrogen-bond donors (Lipinski definition) is 2. The van der Waals surface area contributed by atoms with Gasteiger partial charge in [0.25, 0.3) is 0 Å². The van der Waals surface area contributed by atoms with E-state index in [1.807, 2.05) is 31.2 Å². The predicted molar refractivity (Wildman–Crippen MR) is 117 cm³/mol. The monoisotopic (exact) mass is 393 g/mol. The molecule has 2 aromatic heterocycles. The van der Waals surface area contributed by atoms with Crippen LogP contribution in [-0.4, -0.2) is 23.6 Å². The van der Waals surface area contributed by atoms with Crippen molar-refractivity contribution in [1.29, 1.82) is 0 Å². The number of methoxy groups -OCH3 is 1. The zero-order valence-electron chi connectivity index (χ0n) is 16.2. The van der Waals surface area contributed by atoms with Crippen molar-refractivity contribution in [3.8, 4) is 17.0 Å². The number of aromatic amines is 1. The van der Waals surface area contributed by atoms with Crippen LogP contribution in [-0.2, 0) is 6.42 Å². The summed E-state index contributed by atoms with van der Waals surface area (Å²) in [6, 6.07) is 14.3. The Kier molecular flexibility index (Phi) is 5.25. The van der Waals surface area contributed by atoms with Gasteiger partial charge in [-0.3, -0.25) is 0 Å². The molecule has 0 aliphatic rings. The van der Waals surface area contributed by atoms with E-state index in [9.17, 15) is 0 Å². The Hall–Kier alpha value is -2.56. The zero-order chi connectivity index (χ0) is 19.7. The number of ether oxygens (including phenoxy) is 1. The second-order valence-corrected chi connectivity index (χ2v) is 7.46. The SMILES string of the molecule is COc1ccc(-c2[nH]c3c(Cl)cccc3c2CCCCN)c2ccc(C)nc12. The topological polar surface area (TPSA) is 63.9 Å². The van der Waals surface area contributed by atoms with Crippen molar-refractivity contribution >= 4 is 33.4 Å². The largest absolute Gasteiger partial charge is 0.494 e. The van der Waals surface area contributed by atoms with E-state index < -0.39 is 0 Å². The van der Waals surface area contributed by atoms with Crippen LogP contribution in [0.2, 0.25) is 5.02 Å². The fraction of sp³-hybridized carbons (Fsp3) is 0.261. The van der Waals surface area contributed by atoms with E-state index in [2.05, 4.69) is 23.2 Å². The maximum Gasteiger partial charge on any atom is 0.145 e. The maximum atomic E-state index is 6.49. The molecule has 3 N–H and O–H groups in total. The van der Waals surface area contributed by atoms with Crippen LogP contribution in [0.3, 0.4) is 0 Å². The normalized spacial score (nSPS) is 11.4. The van der Waals surface area contributed by atoms with Crippen molar-refractivity contribution in [1.82, 2.24) is 9.97 Å². The molecule has 0 spiro atoms. The average Bonchev–Trinajstić information content (AvgIpc) is 3.07. The first kappa shape index (κ1) is 18.8. The predicted octanol–water partition coefficient (Wildman–Crippen LogP) is 5.63. The number of benzene rings is 2. The highest BCUT2D eigenvalue weighted by molar-refractivity contribution is 6.35. The summed E-state index contributed by atoms with van der Waals surface area (Å²) < 4.78 is 5.55. The molecule has 0 bridgehead atoms. The van der Waals surface area contributed by atoms with Gasteiger partial charge in [-0.15, -0.1) is 0 Å². The quantitative estimate of drug-likeness (QED) is 0.417. The molecule has 0 fully saturated rings. The Labute approximate surface area is 169 Å². The molecule has 5 heteroatoms. The molecular weight excluding hydrogens is 370 g/mol. The van der Waals surface area contributed by atoms with E-state index in [4.69, 9.17) is 27.1 Å². The third kappa shape index (κ3) is 3.23. The van der Waals surface area contributed by atoms with Gasteiger partial charge in [0.15, 0.2) is 0 Å². The number of halogens is 1. The minimum Gasteiger partial charge on any atom is -0.494 e. The first-order valence-electron chi connectivity index (χ1n) is 9.58. The minimum atomic E-state index is 0.701. The summed E-state index contributed by atoms with van der Waals surface area (Å²) in [5, 5.41) is 2.96. The van der Waals surface area contributed by atoms with Crippen LogP contribution in [0, 0.1) is 6.92 Å². The number of pyridine rings is 1. The molecule has 0 atom stereocenters. The molecule has 0 saturated carbocycles. The van der Waals surface area contributed by atoms with Crippen LogP contribution in [0.25, 0.3) is 33.1 Å². The Balaban J connectivity index is 1.98. The third-order valence-corrected chi connectivity index (χ3v) is 5.54. The van der Waals surface area contributed by atoms with Gasteiger partial charge in [-0.2, -0.15) is 0 Å². The lowest BCUT2D eigenvalue weighted by Gasteiger charge is -2.12. The highest BCUT2D eigenvalue weighted by Crippen LogP contribution is 2.39. The molecule has 4 rings (SSSR count). The van der Waals surface area contributed by atoms with Gasteiger partial charge in [0.1, 0.15) is 11.3 Å². The molecule has 4 aromatic rings. The Morgan fingerprint density at radius 1 is 1.07 bits per heavy atom. The molecule has 0 aliphatic heterocycles. The summed E-state index contributed by atoms with van der Waals surface area (Å²) in [5.41, 5.74) is 12.0. The molecule has 0 aliphatic carbocycles. The van der Waals surface area contributed by atoms with Crippen LogP contribution < -0.4 is 10.5 Å². The number of hydrogen-bond acceptors (Lipinski definition) is 3. The van der Waals surface area contributed by atoms with Gasteiger partial charge in [-0.25, -0.2) is 4.98 Å². The van der Waals surface area contributed by atoms with Crippen molar-refractivity contribution in [2.45, 2.75) is 26.2 Å². The highest BCUT2D eigenvalue weighted by Gasteiger charge is 2.18. The lowest BCUT2D eigenvalue weighted by molar-refractivity contribution is 0.419. The smallest absolute Gasteiger partial charge is 0.145 e. The number of aromatic nitrogens is 2. The van der Waals surface area contributed by atoms with Gasteiger partial charge in [0.05, 0.1) is 23.3 Å². The molecule has 2 heterocycles. The van der Waals surface area contributed by atoms with Crippen LogP contribution in [0.5, 0.6) is 5.75 Å². The van der Waals surface area contributed by atoms with Crippen molar-refractivity contribution in [3.05, 3.63) is 58.7 Å². The van der Waals surface area contributed by atoms with Crippen LogP contribution in [0.15, 0.2) is 42.5 Å². The molecule has 4 nitrogen and oxygen atoms in total. The standard InChI is InChI=1S/C23H24ClN3O/c1-14-9-10-18-17(11-12-20(28-2)23(18)26-14)21-15(6-3-4-13-25)16-7-5-8-19(24)22(16)27-21/h5,7-12,27H,3-4,6,13,25H2,1-2H3. The van der Waals surface area contributed by atoms with Crippen molar-refractivity contribution in [3.63, 3.8) is 0 Å². The van der Waals surface area contributed by atoms with Crippen LogP contribution >= 0.6 is 11.6 Å². The van der Waals surface area contributed by atoms with E-state index in [0.717, 1.165) is 63.4 Å². The number of nitrogens with two attached hydrogens (primary N) is 1. The average molecular weight is 394 g/mol. The number of fused-ring (bicyclic) bond motifs is 2. The van der Waals surface area contributed by atoms with Crippen molar-refractivity contribution in [2.24, 2.45) is 5.73 Å². The summed E-state index contributed by atoms with van der Waals surface area (Å²) in [4.78, 5) is 8.32. The number of rotatable bonds is 6. The molecule has 0 radical (unpaired) electrons. The molecule has 0 unspecified atom stereocenters. The highest BCUT2D eigenvalue weighted by atomic mass is 35.5. The van der Waals surface area contributed by atoms with Gasteiger partial charge < -0.3 is 15.5 Å². The van der Waals surface area contributed by atoms with Gasteiger partial charge in [-0.1, -0.05) is 29.8 Å². The summed E-state index contributed by atoms with van der Waals surface area (Å²) in [5.74, 6) is 0.779. The number of nitrogens with zero attached hydrogens (tertiary/aromatic N) is 1. The zero-order valence-corrected chi connectivity index (χ0v) is 16.9. The van der Waals surface area contributed by atoms with E-state index in [1.54, 1.807) is 7.11 Å². The molecule has 144 valence electrons. The first-order valence-corrected chi connectivity index (χ1v) is 9.95. The molecular formula is C23H24ClN3O. The lowest BCUT2D eigenvalue weighted by Crippen LogP contribution is -1.99. The minimum absolute atomic E-state index is 0.701. The van der Waals surface area contributed by atoms with Crippen molar-refractivity contribution < 1.29 is 4.74 Å². The Bertz CT molecular complexity index is 1150. The summed E-state index contributed by atoms with van der Waals surface area (Å²) in [6.45, 7) is 2.69. The van der Waals surface area contributed by atoms with Crippen LogP contribution in [0.4, 0.5) is 0 Å². The van der Waals surface area contributed by atoms with Gasteiger partial charge >= 0.3 is 0 Å². The van der Waals surface area contributed by atoms with E-state index >= 15 is 0 Å². The number of nitrogens with one attached hydrogen (secondary N) is 1. The fourth-order valence-corrected chi connectivity index (χ4v) is 4.07. The second-order valence-electron chi connectivity index (χ2n) is 7.05. The molecule has 0 amide bonds. The summed E-state index contributed by atoms with van der Waals surface area (Å²) >= 11 is 6.49. The molecule has 0 saturated heterocycles. The Morgan fingerprint density at radius 2 is 1.93 bits per heavy atom. The number of unbranched alkanes of at least 4 members (excludes halogenated alkanes) is 1. The lowest BCUT2D eigenvalue weighted by atomic mass is 9.97. The van der Waals surface area contributed by atoms with Crippen molar-refractivity contribution in [2.75, 3.05) is 13.7 Å². The van der Waals surface area contributed by atoms with Gasteiger partial charge in [-0.05, 0) is 62.6 Å². The number of aryl methyl sites for hydroxylation is 2. The molecule has 2 aromatic carbocycles. The maximum absolute atomic E-state index is 6.49. The van der Waals surface area contributed by atoms with E-state index in [-0.39, 0.29) is 0 Å². The Morgan fingerprint density at radius 3 is 2.71 bits per heavy atom. The van der Waals surface area contributed by atoms with Gasteiger partial charge in [0, 0.05) is 22.0 Å². The molecule has 28 heavy (non-hydrogen) atoms. The number of H-pyrrole nitrogens is 1. The summed E-state index contributed by atoms with van der Waals surface area (Å²) in [6.07, 6.45) is 2.98. The van der Waals surface area contributed by atoms with Gasteiger partial charge in [0.2, 0.25) is 0 Å². The van der Waals surface area contributed by atoms with E-state index in [0.29, 0.717) is 6.54 Å². The number of para-hydroxylation sites is 1. The van der Waals surface area contributed by atoms with E-state index in [1.165, 1.54) is 10.9 Å².